The van der Waals surface area contributed by atoms with Crippen LogP contribution in [-0.2, 0) is 0 Å². The molecule has 0 N–H and O–H groups in total. The number of hydrogen-bond donors (Lipinski definition) is 0. The lowest BCUT2D eigenvalue weighted by molar-refractivity contribution is 0.669. The van der Waals surface area contributed by atoms with Gasteiger partial charge in [-0.1, -0.05) is 431 Å². The van der Waals surface area contributed by atoms with E-state index in [1.807, 2.05) is 30.5 Å². The van der Waals surface area contributed by atoms with Crippen LogP contribution in [0, 0.1) is 0 Å². The summed E-state index contributed by atoms with van der Waals surface area (Å²) in [6.07, 6.45) is 1.84. The Bertz CT molecular complexity index is 10600. The van der Waals surface area contributed by atoms with Gasteiger partial charge >= 0.3 is 0 Å². The number of para-hydroxylation sites is 5. The van der Waals surface area contributed by atoms with E-state index in [1.165, 1.54) is 208 Å². The van der Waals surface area contributed by atoms with Crippen molar-refractivity contribution in [2.45, 2.75) is 0 Å². The number of rotatable bonds is 9. The molecule has 5 heteroatoms. The van der Waals surface area contributed by atoms with E-state index in [0.29, 0.717) is 0 Å². The second kappa shape index (κ2) is 32.3. The summed E-state index contributed by atoms with van der Waals surface area (Å²) in [7, 11) is 0. The summed E-state index contributed by atoms with van der Waals surface area (Å²) in [5.41, 5.74) is 33.0. The Hall–Kier alpha value is -19.1. The Kier molecular flexibility index (Phi) is 18.1. The molecule has 144 heavy (non-hydrogen) atoms. The lowest BCUT2D eigenvalue weighted by Crippen LogP contribution is -1.99. The largest absolute Gasteiger partial charge is 0.455 e. The Labute approximate surface area is 826 Å². The maximum Gasteiger partial charge on any atom is 0.145 e. The van der Waals surface area contributed by atoms with Crippen LogP contribution in [0.25, 0.3) is 312 Å². The summed E-state index contributed by atoms with van der Waals surface area (Å²) in [4.78, 5) is 4.70. The third-order valence-corrected chi connectivity index (χ3v) is 30.7. The van der Waals surface area contributed by atoms with E-state index in [9.17, 15) is 0 Å². The summed E-state index contributed by atoms with van der Waals surface area (Å²) in [5.74, 6) is 0. The van der Waals surface area contributed by atoms with Crippen molar-refractivity contribution >= 4 is 195 Å². The molecule has 5 aromatic heterocycles. The zero-order valence-corrected chi connectivity index (χ0v) is 78.0. The molecule has 0 atom stereocenters. The maximum atomic E-state index is 6.72. The minimum atomic E-state index is 0.858. The minimum absolute atomic E-state index is 0.858. The topological polar surface area (TPSA) is 57.2 Å². The summed E-state index contributed by atoms with van der Waals surface area (Å²) < 4.78 is 22.6. The number of furan rings is 3. The molecule has 0 spiro atoms. The van der Waals surface area contributed by atoms with Gasteiger partial charge in [0, 0.05) is 76.7 Å². The van der Waals surface area contributed by atoms with Gasteiger partial charge in [0.2, 0.25) is 0 Å². The van der Waals surface area contributed by atoms with Crippen LogP contribution < -0.4 is 0 Å². The van der Waals surface area contributed by atoms with Crippen molar-refractivity contribution in [2.75, 3.05) is 0 Å². The number of benzene rings is 26. The highest BCUT2D eigenvalue weighted by molar-refractivity contribution is 6.35. The van der Waals surface area contributed by atoms with E-state index in [4.69, 9.17) is 18.2 Å². The molecule has 666 valence electrons. The Morgan fingerprint density at radius 1 is 0.153 bits per heavy atom. The van der Waals surface area contributed by atoms with Crippen LogP contribution in [0.15, 0.2) is 511 Å². The first kappa shape index (κ1) is 81.0. The monoisotopic (exact) mass is 1830 g/mol. The van der Waals surface area contributed by atoms with Crippen molar-refractivity contribution in [2.24, 2.45) is 0 Å². The van der Waals surface area contributed by atoms with Gasteiger partial charge in [-0.25, -0.2) is 0 Å². The molecule has 32 rings (SSSR count). The van der Waals surface area contributed by atoms with Crippen LogP contribution in [0.5, 0.6) is 0 Å². The average Bonchev–Trinajstić information content (AvgIpc) is 1.65. The van der Waals surface area contributed by atoms with Gasteiger partial charge in [0.25, 0.3) is 0 Å². The van der Waals surface area contributed by atoms with Gasteiger partial charge in [0.1, 0.15) is 33.5 Å². The van der Waals surface area contributed by atoms with Gasteiger partial charge in [-0.15, -0.1) is 0 Å². The molecule has 5 nitrogen and oxygen atoms in total. The van der Waals surface area contributed by atoms with Gasteiger partial charge in [-0.05, 0) is 247 Å². The Morgan fingerprint density at radius 3 is 0.875 bits per heavy atom. The van der Waals surface area contributed by atoms with E-state index in [2.05, 4.69) is 472 Å². The zero-order chi connectivity index (χ0) is 94.3. The molecule has 1 aliphatic rings. The van der Waals surface area contributed by atoms with Crippen LogP contribution in [0.1, 0.15) is 0 Å². The van der Waals surface area contributed by atoms with Crippen LogP contribution in [0.3, 0.4) is 0 Å². The lowest BCUT2D eigenvalue weighted by atomic mass is 9.82. The quantitative estimate of drug-likeness (QED) is 0.107. The zero-order valence-electron chi connectivity index (χ0n) is 78.0. The fraction of sp³-hybridized carbons (Fsp3) is 0. The standard InChI is InChI=1S/2C48H28O.C43H26N2O/c1-2-11-29(12-3-1)33-27-28-41(47-40-19-8-9-20-42(40)49-48(33)47)46-36-17-6-4-15-34(36)45(35-16-5-7-18-37(35)46)39-26-24-32-22-21-30-13-10-14-31-23-25-38(39)44(32)43(30)31;1-2-13-29(14-3-1)30-25-28-42(47-41-21-10-11-24-43(41)49-48(30)47)46-36-19-8-6-17-34(36)45(35-18-7-9-20-37(35)46)40-27-26-39-32-16-5-4-15-31(32)33-22-12-23-38(40)44(33)39;1-3-17-31-29(15-1)40(35-25-24-33(36-20-11-12-26-44-36)43-41(35)34-19-7-10-23-39(34)46-43)30-16-2-4-18-32(30)42(31)45-37-21-8-5-13-27(37)28-14-6-9-22-38(28)45/h2*1-28H;1-26H. The summed E-state index contributed by atoms with van der Waals surface area (Å²) in [6.45, 7) is 0. The van der Waals surface area contributed by atoms with Crippen molar-refractivity contribution in [3.05, 3.63) is 498 Å². The second-order valence-corrected chi connectivity index (χ2v) is 38.1. The number of hydrogen-bond acceptors (Lipinski definition) is 4. The maximum absolute atomic E-state index is 6.72. The highest BCUT2D eigenvalue weighted by Crippen LogP contribution is 2.57. The smallest absolute Gasteiger partial charge is 0.145 e. The molecule has 0 radical (unpaired) electrons. The normalized spacial score (nSPS) is 12.0. The van der Waals surface area contributed by atoms with E-state index < -0.39 is 0 Å². The summed E-state index contributed by atoms with van der Waals surface area (Å²) in [6, 6.07) is 178. The van der Waals surface area contributed by atoms with Crippen molar-refractivity contribution < 1.29 is 13.3 Å². The average molecular weight is 1830 g/mol. The Balaban J connectivity index is 0.000000101. The molecule has 0 fully saturated rings. The molecule has 0 amide bonds. The van der Waals surface area contributed by atoms with E-state index in [-0.39, 0.29) is 0 Å². The number of nitrogens with zero attached hydrogens (tertiary/aromatic N) is 2. The predicted octanol–water partition coefficient (Wildman–Crippen LogP) is 39.2. The van der Waals surface area contributed by atoms with Crippen molar-refractivity contribution in [3.63, 3.8) is 0 Å². The minimum Gasteiger partial charge on any atom is -0.455 e. The van der Waals surface area contributed by atoms with Crippen molar-refractivity contribution in [1.82, 2.24) is 9.55 Å². The number of aromatic nitrogens is 2. The molecule has 0 unspecified atom stereocenters. The lowest BCUT2D eigenvalue weighted by Gasteiger charge is -2.20. The molecular weight excluding hydrogens is 1750 g/mol. The van der Waals surface area contributed by atoms with E-state index in [1.54, 1.807) is 0 Å². The third kappa shape index (κ3) is 12.1. The second-order valence-electron chi connectivity index (χ2n) is 38.1. The van der Waals surface area contributed by atoms with Gasteiger partial charge < -0.3 is 17.8 Å². The fourth-order valence-electron chi connectivity index (χ4n) is 24.7. The van der Waals surface area contributed by atoms with Crippen LogP contribution in [0.2, 0.25) is 0 Å². The van der Waals surface area contributed by atoms with Crippen LogP contribution >= 0.6 is 0 Å². The highest BCUT2D eigenvalue weighted by Gasteiger charge is 2.31. The molecule has 0 aliphatic heterocycles. The summed E-state index contributed by atoms with van der Waals surface area (Å²) in [5, 5.41) is 34.5. The van der Waals surface area contributed by atoms with Crippen LogP contribution in [-0.4, -0.2) is 9.55 Å². The van der Waals surface area contributed by atoms with Crippen molar-refractivity contribution in [3.8, 4) is 117 Å². The first-order chi connectivity index (χ1) is 71.5. The third-order valence-electron chi connectivity index (χ3n) is 30.7. The van der Waals surface area contributed by atoms with Gasteiger partial charge in [-0.2, -0.15) is 0 Å². The Morgan fingerprint density at radius 2 is 0.438 bits per heavy atom. The first-order valence-corrected chi connectivity index (χ1v) is 49.5. The summed E-state index contributed by atoms with van der Waals surface area (Å²) >= 11 is 0. The molecular formula is C139H82N2O3. The van der Waals surface area contributed by atoms with Gasteiger partial charge in [0.05, 0.1) is 22.4 Å². The molecule has 0 saturated heterocycles. The van der Waals surface area contributed by atoms with Crippen LogP contribution in [0.4, 0.5) is 0 Å². The molecule has 0 bridgehead atoms. The fourth-order valence-corrected chi connectivity index (χ4v) is 24.7. The van der Waals surface area contributed by atoms with E-state index in [0.717, 1.165) is 105 Å². The van der Waals surface area contributed by atoms with Gasteiger partial charge in [-0.3, -0.25) is 4.98 Å². The van der Waals surface area contributed by atoms with Gasteiger partial charge in [0.15, 0.2) is 0 Å². The van der Waals surface area contributed by atoms with E-state index >= 15 is 0 Å². The number of pyridine rings is 1. The SMILES string of the molecule is c1ccc(-c2ccc(-c3c4ccccc4c(-c4ccc5c6c(cccc46)-c4ccccc4-5)c4ccccc34)c3c2oc2ccccc23)cc1.c1ccc(-c2ccc(-c3c4ccccc4c(-c4ccc5ccc6cccc7ccc4c5c67)c4ccccc34)c3c2oc2ccccc23)cc1.c1ccc(-c2ccc(-c3c4ccccc4c(-n4c5ccccc5c5ccccc54)c4ccccc34)c3c2oc2ccccc23)nc1. The molecule has 26 aromatic carbocycles. The number of fused-ring (bicyclic) bond motifs is 21. The first-order valence-electron chi connectivity index (χ1n) is 49.5. The predicted molar refractivity (Wildman–Crippen MR) is 607 cm³/mol. The van der Waals surface area contributed by atoms with Crippen molar-refractivity contribution in [1.29, 1.82) is 0 Å². The highest BCUT2D eigenvalue weighted by atomic mass is 16.3. The molecule has 0 saturated carbocycles. The molecule has 31 aromatic rings. The molecule has 5 heterocycles. The molecule has 1 aliphatic carbocycles.